The van der Waals surface area contributed by atoms with Crippen LogP contribution in [0.1, 0.15) is 22.8 Å². The van der Waals surface area contributed by atoms with E-state index >= 15 is 0 Å². The van der Waals surface area contributed by atoms with Gasteiger partial charge in [-0.2, -0.15) is 0 Å². The number of nitrogens with one attached hydrogen (secondary N) is 2. The van der Waals surface area contributed by atoms with Gasteiger partial charge in [0, 0.05) is 5.69 Å². The van der Waals surface area contributed by atoms with Crippen LogP contribution in [0.25, 0.3) is 22.6 Å². The van der Waals surface area contributed by atoms with Crippen LogP contribution in [-0.2, 0) is 6.42 Å². The first-order valence-electron chi connectivity index (χ1n) is 10.5. The number of aryl methyl sites for hydroxylation is 1. The molecular formula is C25H23N3O5S. The van der Waals surface area contributed by atoms with E-state index in [1.165, 1.54) is 20.3 Å². The number of fused-ring (bicyclic) bond motifs is 1. The smallest absolute Gasteiger partial charge is 0.264 e. The molecule has 0 saturated heterocycles. The number of phenolic OH excluding ortho intramolecular Hbond substituents is 1. The van der Waals surface area contributed by atoms with Gasteiger partial charge in [0.25, 0.3) is 5.91 Å². The minimum absolute atomic E-state index is 0.00142. The summed E-state index contributed by atoms with van der Waals surface area (Å²) < 4.78 is 16.4. The van der Waals surface area contributed by atoms with Crippen molar-refractivity contribution in [1.29, 1.82) is 0 Å². The molecule has 0 aliphatic rings. The fourth-order valence-corrected chi connectivity index (χ4v) is 3.71. The lowest BCUT2D eigenvalue weighted by atomic mass is 10.1. The first-order chi connectivity index (χ1) is 16.4. The number of amides is 1. The fourth-order valence-electron chi connectivity index (χ4n) is 3.50. The quantitative estimate of drug-likeness (QED) is 0.266. The van der Waals surface area contributed by atoms with Gasteiger partial charge in [0.1, 0.15) is 28.3 Å². The Hall–Kier alpha value is -4.11. The van der Waals surface area contributed by atoms with E-state index in [0.29, 0.717) is 33.8 Å². The van der Waals surface area contributed by atoms with Crippen LogP contribution in [0.3, 0.4) is 0 Å². The Morgan fingerprint density at radius 1 is 1.09 bits per heavy atom. The zero-order valence-corrected chi connectivity index (χ0v) is 19.7. The highest BCUT2D eigenvalue weighted by molar-refractivity contribution is 7.80. The highest BCUT2D eigenvalue weighted by Crippen LogP contribution is 2.33. The summed E-state index contributed by atoms with van der Waals surface area (Å²) in [5, 5.41) is 16.0. The molecule has 0 saturated carbocycles. The van der Waals surface area contributed by atoms with Crippen LogP contribution in [0.4, 0.5) is 5.69 Å². The molecule has 0 radical (unpaired) electrons. The van der Waals surface area contributed by atoms with Crippen molar-refractivity contribution in [3.05, 3.63) is 65.7 Å². The number of oxazole rings is 1. The minimum Gasteiger partial charge on any atom is -0.507 e. The Balaban J connectivity index is 1.55. The van der Waals surface area contributed by atoms with Gasteiger partial charge < -0.3 is 24.3 Å². The number of phenols is 1. The number of hydrogen-bond donors (Lipinski definition) is 3. The highest BCUT2D eigenvalue weighted by atomic mass is 32.1. The molecule has 0 spiro atoms. The van der Waals surface area contributed by atoms with E-state index in [-0.39, 0.29) is 22.3 Å². The lowest BCUT2D eigenvalue weighted by Gasteiger charge is -2.14. The van der Waals surface area contributed by atoms with Crippen LogP contribution in [0.2, 0.25) is 0 Å². The molecule has 1 aromatic heterocycles. The van der Waals surface area contributed by atoms with E-state index in [1.807, 2.05) is 18.2 Å². The lowest BCUT2D eigenvalue weighted by molar-refractivity contribution is 0.0971. The molecule has 0 fully saturated rings. The van der Waals surface area contributed by atoms with Gasteiger partial charge in [-0.25, -0.2) is 4.98 Å². The summed E-state index contributed by atoms with van der Waals surface area (Å²) >= 11 is 5.32. The summed E-state index contributed by atoms with van der Waals surface area (Å²) in [4.78, 5) is 17.3. The summed E-state index contributed by atoms with van der Waals surface area (Å²) in [6, 6.07) is 15.6. The van der Waals surface area contributed by atoms with Crippen LogP contribution in [0.5, 0.6) is 17.2 Å². The van der Waals surface area contributed by atoms with Gasteiger partial charge in [-0.3, -0.25) is 10.1 Å². The van der Waals surface area contributed by atoms with Gasteiger partial charge >= 0.3 is 0 Å². The van der Waals surface area contributed by atoms with Crippen LogP contribution < -0.4 is 20.1 Å². The van der Waals surface area contributed by atoms with E-state index in [2.05, 4.69) is 22.5 Å². The van der Waals surface area contributed by atoms with Crippen molar-refractivity contribution in [3.63, 3.8) is 0 Å². The number of rotatable bonds is 6. The van der Waals surface area contributed by atoms with E-state index < -0.39 is 5.91 Å². The lowest BCUT2D eigenvalue weighted by Crippen LogP contribution is -2.34. The number of benzene rings is 3. The van der Waals surface area contributed by atoms with Crippen LogP contribution in [0.15, 0.2) is 59.0 Å². The maximum atomic E-state index is 12.8. The van der Waals surface area contributed by atoms with Crippen LogP contribution >= 0.6 is 12.2 Å². The summed E-state index contributed by atoms with van der Waals surface area (Å²) in [6.07, 6.45) is 0.882. The number of hydrogen-bond acceptors (Lipinski definition) is 7. The van der Waals surface area contributed by atoms with E-state index in [0.717, 1.165) is 12.0 Å². The molecule has 34 heavy (non-hydrogen) atoms. The summed E-state index contributed by atoms with van der Waals surface area (Å²) in [5.41, 5.74) is 3.61. The SMILES string of the molecule is CCc1ccc2oc(-c3cc(NC(=S)NC(=O)c4c(OC)cccc4OC)ccc3O)nc2c1. The predicted octanol–water partition coefficient (Wildman–Crippen LogP) is 4.91. The number of aromatic nitrogens is 1. The molecular weight excluding hydrogens is 454 g/mol. The van der Waals surface area contributed by atoms with Crippen molar-refractivity contribution in [2.45, 2.75) is 13.3 Å². The first kappa shape index (κ1) is 23.1. The minimum atomic E-state index is -0.489. The summed E-state index contributed by atoms with van der Waals surface area (Å²) in [7, 11) is 2.94. The third-order valence-electron chi connectivity index (χ3n) is 5.23. The molecule has 0 aliphatic carbocycles. The van der Waals surface area contributed by atoms with Crippen molar-refractivity contribution in [1.82, 2.24) is 10.3 Å². The number of anilines is 1. The van der Waals surface area contributed by atoms with Gasteiger partial charge in [0.05, 0.1) is 19.8 Å². The Labute approximate surface area is 201 Å². The maximum Gasteiger partial charge on any atom is 0.264 e. The zero-order chi connectivity index (χ0) is 24.2. The number of nitrogens with zero attached hydrogens (tertiary/aromatic N) is 1. The molecule has 0 atom stereocenters. The van der Waals surface area contributed by atoms with Crippen molar-refractivity contribution in [3.8, 4) is 28.7 Å². The second-order valence-electron chi connectivity index (χ2n) is 7.35. The monoisotopic (exact) mass is 477 g/mol. The third kappa shape index (κ3) is 4.65. The normalized spacial score (nSPS) is 10.7. The highest BCUT2D eigenvalue weighted by Gasteiger charge is 2.20. The van der Waals surface area contributed by atoms with Crippen LogP contribution in [0, 0.1) is 0 Å². The topological polar surface area (TPSA) is 106 Å². The number of methoxy groups -OCH3 is 2. The maximum absolute atomic E-state index is 12.8. The average Bonchev–Trinajstić information content (AvgIpc) is 3.27. The van der Waals surface area contributed by atoms with Gasteiger partial charge in [0.2, 0.25) is 5.89 Å². The van der Waals surface area contributed by atoms with Crippen LogP contribution in [-0.4, -0.2) is 35.3 Å². The summed E-state index contributed by atoms with van der Waals surface area (Å²) in [6.45, 7) is 2.06. The molecule has 3 aromatic carbocycles. The van der Waals surface area contributed by atoms with E-state index in [9.17, 15) is 9.90 Å². The van der Waals surface area contributed by atoms with Crippen molar-refractivity contribution < 1.29 is 23.8 Å². The number of aromatic hydroxyl groups is 1. The average molecular weight is 478 g/mol. The van der Waals surface area contributed by atoms with Crippen molar-refractivity contribution >= 4 is 40.0 Å². The Morgan fingerprint density at radius 2 is 1.82 bits per heavy atom. The molecule has 0 aliphatic heterocycles. The van der Waals surface area contributed by atoms with Crippen molar-refractivity contribution in [2.24, 2.45) is 0 Å². The standard InChI is InChI=1S/C25H23N3O5S/c1-4-14-8-11-19-17(12-14)27-24(33-19)16-13-15(9-10-18(16)29)26-25(34)28-23(30)22-20(31-2)6-5-7-21(22)32-3/h5-13,29H,4H2,1-3H3,(H2,26,28,30,34). The first-order valence-corrected chi connectivity index (χ1v) is 10.9. The fraction of sp³-hybridized carbons (Fsp3) is 0.160. The van der Waals surface area contributed by atoms with Gasteiger partial charge in [-0.1, -0.05) is 19.1 Å². The van der Waals surface area contributed by atoms with Crippen molar-refractivity contribution in [2.75, 3.05) is 19.5 Å². The third-order valence-corrected chi connectivity index (χ3v) is 5.43. The number of ether oxygens (including phenoxy) is 2. The molecule has 4 aromatic rings. The summed E-state index contributed by atoms with van der Waals surface area (Å²) in [5.74, 6) is 0.499. The molecule has 0 unspecified atom stereocenters. The number of thiocarbonyl (C=S) groups is 1. The molecule has 4 rings (SSSR count). The number of carbonyl (C=O) groups is 1. The Bertz CT molecular complexity index is 1360. The molecule has 1 amide bonds. The molecule has 1 heterocycles. The second-order valence-corrected chi connectivity index (χ2v) is 7.76. The zero-order valence-electron chi connectivity index (χ0n) is 18.8. The number of carbonyl (C=O) groups excluding carboxylic acids is 1. The molecule has 174 valence electrons. The predicted molar refractivity (Wildman–Crippen MR) is 134 cm³/mol. The second kappa shape index (κ2) is 9.80. The van der Waals surface area contributed by atoms with Gasteiger partial charge in [-0.15, -0.1) is 0 Å². The largest absolute Gasteiger partial charge is 0.507 e. The Kier molecular flexibility index (Phi) is 6.65. The van der Waals surface area contributed by atoms with E-state index in [1.54, 1.807) is 30.3 Å². The van der Waals surface area contributed by atoms with Gasteiger partial charge in [-0.05, 0) is 66.7 Å². The Morgan fingerprint density at radius 3 is 2.50 bits per heavy atom. The van der Waals surface area contributed by atoms with Gasteiger partial charge in [0.15, 0.2) is 10.7 Å². The molecule has 0 bridgehead atoms. The molecule has 8 nitrogen and oxygen atoms in total. The van der Waals surface area contributed by atoms with E-state index in [4.69, 9.17) is 26.1 Å². The molecule has 3 N–H and O–H groups in total. The molecule has 9 heteroatoms.